The van der Waals surface area contributed by atoms with Crippen molar-refractivity contribution in [2.45, 2.75) is 4.90 Å². The van der Waals surface area contributed by atoms with Crippen LogP contribution in [0.15, 0.2) is 65.6 Å². The second-order valence-electron chi connectivity index (χ2n) is 5.45. The molecular formula is C18H13F2NO3S. The van der Waals surface area contributed by atoms with Gasteiger partial charge in [0.25, 0.3) is 0 Å². The maximum absolute atomic E-state index is 13.1. The summed E-state index contributed by atoms with van der Waals surface area (Å²) in [7, 11) is -3.87. The van der Waals surface area contributed by atoms with Crippen LogP contribution in [0.4, 0.5) is 14.5 Å². The van der Waals surface area contributed by atoms with Crippen molar-refractivity contribution >= 4 is 32.2 Å². The van der Waals surface area contributed by atoms with Gasteiger partial charge in [-0.3, -0.25) is 4.79 Å². The Morgan fingerprint density at radius 3 is 2.32 bits per heavy atom. The van der Waals surface area contributed by atoms with E-state index in [4.69, 9.17) is 0 Å². The molecular weight excluding hydrogens is 348 g/mol. The molecule has 0 aliphatic carbocycles. The van der Waals surface area contributed by atoms with Crippen molar-refractivity contribution in [2.75, 3.05) is 11.1 Å². The third-order valence-electron chi connectivity index (χ3n) is 3.60. The number of halogens is 2. The van der Waals surface area contributed by atoms with Crippen molar-refractivity contribution in [2.24, 2.45) is 0 Å². The molecule has 128 valence electrons. The Morgan fingerprint density at radius 1 is 0.880 bits per heavy atom. The topological polar surface area (TPSA) is 63.2 Å². The number of nitrogens with one attached hydrogen (secondary N) is 1. The molecule has 0 spiro atoms. The molecule has 0 aliphatic heterocycles. The van der Waals surface area contributed by atoms with Crippen molar-refractivity contribution in [1.82, 2.24) is 0 Å². The molecule has 1 amide bonds. The first-order valence-electron chi connectivity index (χ1n) is 7.32. The highest BCUT2D eigenvalue weighted by Crippen LogP contribution is 2.20. The Labute approximate surface area is 143 Å². The lowest BCUT2D eigenvalue weighted by atomic mass is 10.1. The van der Waals surface area contributed by atoms with E-state index in [1.807, 2.05) is 12.1 Å². The van der Waals surface area contributed by atoms with Gasteiger partial charge < -0.3 is 5.32 Å². The maximum Gasteiger partial charge on any atom is 0.239 e. The number of fused-ring (bicyclic) bond motifs is 1. The normalized spacial score (nSPS) is 11.4. The van der Waals surface area contributed by atoms with E-state index < -0.39 is 33.1 Å². The number of amides is 1. The van der Waals surface area contributed by atoms with Gasteiger partial charge in [0, 0.05) is 11.8 Å². The molecule has 25 heavy (non-hydrogen) atoms. The van der Waals surface area contributed by atoms with Gasteiger partial charge in [-0.25, -0.2) is 17.2 Å². The SMILES string of the molecule is O=C(CS(=O)(=O)c1ccc2ccccc2c1)Nc1ccc(F)c(F)c1. The Kier molecular flexibility index (Phi) is 4.50. The van der Waals surface area contributed by atoms with Crippen molar-refractivity contribution in [3.8, 4) is 0 Å². The molecule has 0 unspecified atom stereocenters. The number of hydrogen-bond acceptors (Lipinski definition) is 3. The molecule has 0 radical (unpaired) electrons. The van der Waals surface area contributed by atoms with E-state index in [9.17, 15) is 22.0 Å². The van der Waals surface area contributed by atoms with E-state index in [2.05, 4.69) is 5.32 Å². The third-order valence-corrected chi connectivity index (χ3v) is 5.22. The van der Waals surface area contributed by atoms with E-state index >= 15 is 0 Å². The molecule has 0 aliphatic rings. The van der Waals surface area contributed by atoms with Crippen molar-refractivity contribution in [3.63, 3.8) is 0 Å². The lowest BCUT2D eigenvalue weighted by Gasteiger charge is -2.08. The monoisotopic (exact) mass is 361 g/mol. The fourth-order valence-corrected chi connectivity index (χ4v) is 3.55. The van der Waals surface area contributed by atoms with Crippen molar-refractivity contribution in [1.29, 1.82) is 0 Å². The summed E-state index contributed by atoms with van der Waals surface area (Å²) in [4.78, 5) is 12.0. The molecule has 0 bridgehead atoms. The van der Waals surface area contributed by atoms with Crippen LogP contribution >= 0.6 is 0 Å². The number of sulfone groups is 1. The van der Waals surface area contributed by atoms with Gasteiger partial charge >= 0.3 is 0 Å². The van der Waals surface area contributed by atoms with E-state index in [0.717, 1.165) is 29.0 Å². The molecule has 4 nitrogen and oxygen atoms in total. The number of carbonyl (C=O) groups excluding carboxylic acids is 1. The molecule has 3 aromatic rings. The molecule has 0 saturated heterocycles. The number of benzene rings is 3. The van der Waals surface area contributed by atoms with Gasteiger partial charge in [-0.15, -0.1) is 0 Å². The van der Waals surface area contributed by atoms with Crippen LogP contribution in [0.5, 0.6) is 0 Å². The molecule has 0 aromatic heterocycles. The number of rotatable bonds is 4. The molecule has 0 saturated carbocycles. The van der Waals surface area contributed by atoms with Crippen LogP contribution in [0, 0.1) is 11.6 Å². The van der Waals surface area contributed by atoms with Crippen LogP contribution in [0.25, 0.3) is 10.8 Å². The summed E-state index contributed by atoms with van der Waals surface area (Å²) in [5, 5.41) is 3.87. The van der Waals surface area contributed by atoms with E-state index in [0.29, 0.717) is 0 Å². The van der Waals surface area contributed by atoms with Gasteiger partial charge in [-0.05, 0) is 35.0 Å². The molecule has 3 rings (SSSR count). The highest BCUT2D eigenvalue weighted by molar-refractivity contribution is 7.92. The molecule has 0 fully saturated rings. The highest BCUT2D eigenvalue weighted by Gasteiger charge is 2.20. The summed E-state index contributed by atoms with van der Waals surface area (Å²) in [6.07, 6.45) is 0. The van der Waals surface area contributed by atoms with Crippen LogP contribution < -0.4 is 5.32 Å². The summed E-state index contributed by atoms with van der Waals surface area (Å²) in [6.45, 7) is 0. The summed E-state index contributed by atoms with van der Waals surface area (Å²) >= 11 is 0. The Morgan fingerprint density at radius 2 is 1.60 bits per heavy atom. The Bertz CT molecular complexity index is 1060. The van der Waals surface area contributed by atoms with E-state index in [1.165, 1.54) is 12.1 Å². The fraction of sp³-hybridized carbons (Fsp3) is 0.0556. The number of hydrogen-bond donors (Lipinski definition) is 1. The minimum atomic E-state index is -3.87. The van der Waals surface area contributed by atoms with Crippen LogP contribution in [-0.2, 0) is 14.6 Å². The fourth-order valence-electron chi connectivity index (χ4n) is 2.39. The van der Waals surface area contributed by atoms with Crippen molar-refractivity contribution < 1.29 is 22.0 Å². The zero-order valence-corrected chi connectivity index (χ0v) is 13.7. The molecule has 0 atom stereocenters. The molecule has 3 aromatic carbocycles. The lowest BCUT2D eigenvalue weighted by Crippen LogP contribution is -2.23. The van der Waals surface area contributed by atoms with E-state index in [1.54, 1.807) is 18.2 Å². The smallest absolute Gasteiger partial charge is 0.239 e. The van der Waals surface area contributed by atoms with Crippen LogP contribution in [-0.4, -0.2) is 20.1 Å². The molecule has 1 N–H and O–H groups in total. The Hall–Kier alpha value is -2.80. The first-order chi connectivity index (χ1) is 11.8. The van der Waals surface area contributed by atoms with E-state index in [-0.39, 0.29) is 10.6 Å². The minimum absolute atomic E-state index is 0.0161. The Balaban J connectivity index is 1.79. The second kappa shape index (κ2) is 6.60. The van der Waals surface area contributed by atoms with Gasteiger partial charge in [0.15, 0.2) is 21.5 Å². The summed E-state index contributed by atoms with van der Waals surface area (Å²) in [5.41, 5.74) is -0.0161. The number of anilines is 1. The molecule has 0 heterocycles. The first-order valence-corrected chi connectivity index (χ1v) is 8.97. The van der Waals surface area contributed by atoms with Gasteiger partial charge in [0.1, 0.15) is 5.75 Å². The maximum atomic E-state index is 13.1. The summed E-state index contributed by atoms with van der Waals surface area (Å²) in [5.74, 6) is -3.82. The average Bonchev–Trinajstić information content (AvgIpc) is 2.57. The third kappa shape index (κ3) is 3.83. The largest absolute Gasteiger partial charge is 0.325 e. The van der Waals surface area contributed by atoms with Crippen LogP contribution in [0.2, 0.25) is 0 Å². The minimum Gasteiger partial charge on any atom is -0.325 e. The lowest BCUT2D eigenvalue weighted by molar-refractivity contribution is -0.113. The standard InChI is InChI=1S/C18H13F2NO3S/c19-16-8-6-14(10-17(16)20)21-18(22)11-25(23,24)15-7-5-12-3-1-2-4-13(12)9-15/h1-10H,11H2,(H,21,22). The van der Waals surface area contributed by atoms with Crippen LogP contribution in [0.3, 0.4) is 0 Å². The van der Waals surface area contributed by atoms with Gasteiger partial charge in [0.2, 0.25) is 5.91 Å². The van der Waals surface area contributed by atoms with Gasteiger partial charge in [-0.1, -0.05) is 30.3 Å². The second-order valence-corrected chi connectivity index (χ2v) is 7.43. The van der Waals surface area contributed by atoms with Crippen molar-refractivity contribution in [3.05, 3.63) is 72.3 Å². The zero-order chi connectivity index (χ0) is 18.0. The first kappa shape index (κ1) is 17.0. The summed E-state index contributed by atoms with van der Waals surface area (Å²) < 4.78 is 50.8. The quantitative estimate of drug-likeness (QED) is 0.773. The number of carbonyl (C=O) groups is 1. The predicted octanol–water partition coefficient (Wildman–Crippen LogP) is 3.53. The summed E-state index contributed by atoms with van der Waals surface area (Å²) in [6, 6.07) is 14.6. The predicted molar refractivity (Wildman–Crippen MR) is 91.0 cm³/mol. The van der Waals surface area contributed by atoms with Crippen LogP contribution in [0.1, 0.15) is 0 Å². The zero-order valence-electron chi connectivity index (χ0n) is 12.9. The van der Waals surface area contributed by atoms with Gasteiger partial charge in [0.05, 0.1) is 4.90 Å². The van der Waals surface area contributed by atoms with Gasteiger partial charge in [-0.2, -0.15) is 0 Å². The highest BCUT2D eigenvalue weighted by atomic mass is 32.2. The molecule has 7 heteroatoms. The average molecular weight is 361 g/mol.